The number of nitrogens with zero attached hydrogens (tertiary/aromatic N) is 2. The molecule has 0 fully saturated rings. The number of nitrogens with one attached hydrogen (secondary N) is 2. The van der Waals surface area contributed by atoms with Gasteiger partial charge in [0.15, 0.2) is 0 Å². The SMILES string of the molecule is N#Cc1ncc(O)c2ccc(NC(=O)NCc3ccccc3)cc12. The fourth-order valence-electron chi connectivity index (χ4n) is 2.35. The number of rotatable bonds is 3. The molecule has 0 spiro atoms. The number of aromatic nitrogens is 1. The van der Waals surface area contributed by atoms with Crippen LogP contribution in [0.15, 0.2) is 54.7 Å². The molecule has 3 rings (SSSR count). The fraction of sp³-hybridized carbons (Fsp3) is 0.0556. The number of carbonyl (C=O) groups is 1. The molecule has 0 unspecified atom stereocenters. The standard InChI is InChI=1S/C18H14N4O2/c19-9-16-15-8-13(6-7-14(15)17(23)11-20-16)22-18(24)21-10-12-4-2-1-3-5-12/h1-8,11,23H,10H2,(H2,21,22,24). The highest BCUT2D eigenvalue weighted by molar-refractivity contribution is 5.97. The molecule has 0 aliphatic rings. The molecule has 0 bridgehead atoms. The number of carbonyl (C=O) groups excluding carboxylic acids is 1. The van der Waals surface area contributed by atoms with Gasteiger partial charge in [0.05, 0.1) is 6.20 Å². The highest BCUT2D eigenvalue weighted by Crippen LogP contribution is 2.28. The normalized spacial score (nSPS) is 10.1. The summed E-state index contributed by atoms with van der Waals surface area (Å²) < 4.78 is 0. The van der Waals surface area contributed by atoms with Crippen molar-refractivity contribution in [1.82, 2.24) is 10.3 Å². The smallest absolute Gasteiger partial charge is 0.319 e. The molecule has 118 valence electrons. The lowest BCUT2D eigenvalue weighted by Gasteiger charge is -2.09. The summed E-state index contributed by atoms with van der Waals surface area (Å²) in [6, 6.07) is 16.1. The van der Waals surface area contributed by atoms with E-state index in [1.807, 2.05) is 36.4 Å². The van der Waals surface area contributed by atoms with E-state index in [0.29, 0.717) is 23.0 Å². The molecule has 2 amide bonds. The highest BCUT2D eigenvalue weighted by atomic mass is 16.3. The minimum absolute atomic E-state index is 0.0101. The summed E-state index contributed by atoms with van der Waals surface area (Å²) in [5.74, 6) is -0.0101. The van der Waals surface area contributed by atoms with Crippen LogP contribution >= 0.6 is 0 Å². The maximum Gasteiger partial charge on any atom is 0.319 e. The van der Waals surface area contributed by atoms with Gasteiger partial charge >= 0.3 is 6.03 Å². The van der Waals surface area contributed by atoms with Crippen molar-refractivity contribution in [3.05, 3.63) is 66.0 Å². The van der Waals surface area contributed by atoms with Crippen LogP contribution in [0.2, 0.25) is 0 Å². The van der Waals surface area contributed by atoms with Gasteiger partial charge in [0.2, 0.25) is 0 Å². The second kappa shape index (κ2) is 6.67. The molecule has 6 heteroatoms. The Morgan fingerprint density at radius 3 is 2.71 bits per heavy atom. The molecule has 2 aromatic carbocycles. The average Bonchev–Trinajstić information content (AvgIpc) is 2.61. The van der Waals surface area contributed by atoms with E-state index >= 15 is 0 Å². The molecule has 24 heavy (non-hydrogen) atoms. The Hall–Kier alpha value is -3.59. The van der Waals surface area contributed by atoms with Crippen LogP contribution in [0.1, 0.15) is 11.3 Å². The zero-order chi connectivity index (χ0) is 16.9. The van der Waals surface area contributed by atoms with Crippen LogP contribution < -0.4 is 10.6 Å². The zero-order valence-electron chi connectivity index (χ0n) is 12.7. The van der Waals surface area contributed by atoms with E-state index in [1.165, 1.54) is 6.20 Å². The van der Waals surface area contributed by atoms with Crippen LogP contribution in [-0.2, 0) is 6.54 Å². The molecular weight excluding hydrogens is 304 g/mol. The predicted molar refractivity (Wildman–Crippen MR) is 90.4 cm³/mol. The first-order chi connectivity index (χ1) is 11.7. The summed E-state index contributed by atoms with van der Waals surface area (Å²) in [4.78, 5) is 15.9. The van der Waals surface area contributed by atoms with Gasteiger partial charge < -0.3 is 15.7 Å². The van der Waals surface area contributed by atoms with E-state index in [-0.39, 0.29) is 17.5 Å². The molecule has 1 heterocycles. The van der Waals surface area contributed by atoms with Gasteiger partial charge in [-0.25, -0.2) is 9.78 Å². The first-order valence-corrected chi connectivity index (χ1v) is 7.28. The van der Waals surface area contributed by atoms with Gasteiger partial charge in [0, 0.05) is 23.0 Å². The van der Waals surface area contributed by atoms with Crippen molar-refractivity contribution in [3.8, 4) is 11.8 Å². The second-order valence-electron chi connectivity index (χ2n) is 5.16. The van der Waals surface area contributed by atoms with Gasteiger partial charge in [-0.2, -0.15) is 5.26 Å². The van der Waals surface area contributed by atoms with Crippen molar-refractivity contribution >= 4 is 22.5 Å². The van der Waals surface area contributed by atoms with E-state index < -0.39 is 0 Å². The summed E-state index contributed by atoms with van der Waals surface area (Å²) in [6.07, 6.45) is 1.24. The Morgan fingerprint density at radius 1 is 1.17 bits per heavy atom. The third-order valence-corrected chi connectivity index (χ3v) is 3.53. The Kier molecular flexibility index (Phi) is 4.25. The molecule has 0 radical (unpaired) electrons. The summed E-state index contributed by atoms with van der Waals surface area (Å²) in [6.45, 7) is 0.409. The van der Waals surface area contributed by atoms with Gasteiger partial charge in [0.25, 0.3) is 0 Å². The average molecular weight is 318 g/mol. The minimum Gasteiger partial charge on any atom is -0.506 e. The number of benzene rings is 2. The first-order valence-electron chi connectivity index (χ1n) is 7.28. The monoisotopic (exact) mass is 318 g/mol. The van der Waals surface area contributed by atoms with E-state index in [9.17, 15) is 9.90 Å². The summed E-state index contributed by atoms with van der Waals surface area (Å²) >= 11 is 0. The number of anilines is 1. The molecular formula is C18H14N4O2. The van der Waals surface area contributed by atoms with Crippen molar-refractivity contribution in [3.63, 3.8) is 0 Å². The maximum absolute atomic E-state index is 12.0. The molecule has 0 aliphatic heterocycles. The number of nitriles is 1. The van der Waals surface area contributed by atoms with E-state index in [4.69, 9.17) is 5.26 Å². The van der Waals surface area contributed by atoms with Crippen LogP contribution in [0.25, 0.3) is 10.8 Å². The van der Waals surface area contributed by atoms with Crippen LogP contribution in [0, 0.1) is 11.3 Å². The molecule has 3 N–H and O–H groups in total. The highest BCUT2D eigenvalue weighted by Gasteiger charge is 2.09. The van der Waals surface area contributed by atoms with Crippen LogP contribution in [0.4, 0.5) is 10.5 Å². The number of aromatic hydroxyl groups is 1. The molecule has 3 aromatic rings. The van der Waals surface area contributed by atoms with Crippen molar-refractivity contribution < 1.29 is 9.90 Å². The maximum atomic E-state index is 12.0. The number of pyridine rings is 1. The molecule has 0 atom stereocenters. The van der Waals surface area contributed by atoms with Crippen molar-refractivity contribution in [2.24, 2.45) is 0 Å². The lowest BCUT2D eigenvalue weighted by Crippen LogP contribution is -2.28. The van der Waals surface area contributed by atoms with E-state index in [0.717, 1.165) is 5.56 Å². The number of amides is 2. The van der Waals surface area contributed by atoms with Gasteiger partial charge in [-0.3, -0.25) is 0 Å². The topological polar surface area (TPSA) is 98.0 Å². The summed E-state index contributed by atoms with van der Waals surface area (Å²) in [7, 11) is 0. The summed E-state index contributed by atoms with van der Waals surface area (Å²) in [5.41, 5.74) is 1.69. The third kappa shape index (κ3) is 3.25. The van der Waals surface area contributed by atoms with Gasteiger partial charge in [-0.05, 0) is 23.8 Å². The Balaban J connectivity index is 1.75. The van der Waals surface area contributed by atoms with Crippen molar-refractivity contribution in [2.45, 2.75) is 6.54 Å². The molecule has 0 saturated heterocycles. The molecule has 1 aromatic heterocycles. The first kappa shape index (κ1) is 15.3. The van der Waals surface area contributed by atoms with E-state index in [2.05, 4.69) is 15.6 Å². The van der Waals surface area contributed by atoms with Crippen molar-refractivity contribution in [1.29, 1.82) is 5.26 Å². The Morgan fingerprint density at radius 2 is 1.96 bits per heavy atom. The third-order valence-electron chi connectivity index (χ3n) is 3.53. The van der Waals surface area contributed by atoms with Crippen LogP contribution in [0.5, 0.6) is 5.75 Å². The molecule has 6 nitrogen and oxygen atoms in total. The number of fused-ring (bicyclic) bond motifs is 1. The Bertz CT molecular complexity index is 933. The van der Waals surface area contributed by atoms with Gasteiger partial charge in [-0.1, -0.05) is 30.3 Å². The second-order valence-corrected chi connectivity index (χ2v) is 5.16. The number of hydrogen-bond donors (Lipinski definition) is 3. The fourth-order valence-corrected chi connectivity index (χ4v) is 2.35. The quantitative estimate of drug-likeness (QED) is 0.691. The van der Waals surface area contributed by atoms with Gasteiger partial charge in [0.1, 0.15) is 17.5 Å². The van der Waals surface area contributed by atoms with Crippen molar-refractivity contribution in [2.75, 3.05) is 5.32 Å². The largest absolute Gasteiger partial charge is 0.506 e. The minimum atomic E-state index is -0.357. The lowest BCUT2D eigenvalue weighted by molar-refractivity contribution is 0.251. The molecule has 0 aliphatic carbocycles. The predicted octanol–water partition coefficient (Wildman–Crippen LogP) is 3.13. The summed E-state index contributed by atoms with van der Waals surface area (Å²) in [5, 5.41) is 25.4. The zero-order valence-corrected chi connectivity index (χ0v) is 12.7. The Labute approximate surface area is 138 Å². The number of urea groups is 1. The lowest BCUT2D eigenvalue weighted by atomic mass is 10.1. The van der Waals surface area contributed by atoms with Crippen LogP contribution in [-0.4, -0.2) is 16.1 Å². The molecule has 0 saturated carbocycles. The number of hydrogen-bond acceptors (Lipinski definition) is 4. The van der Waals surface area contributed by atoms with Gasteiger partial charge in [-0.15, -0.1) is 0 Å². The van der Waals surface area contributed by atoms with E-state index in [1.54, 1.807) is 18.2 Å². The van der Waals surface area contributed by atoms with Crippen LogP contribution in [0.3, 0.4) is 0 Å².